The fourth-order valence-electron chi connectivity index (χ4n) is 2.43. The minimum absolute atomic E-state index is 0.278. The number of aromatic nitrogens is 3. The molecule has 0 amide bonds. The Morgan fingerprint density at radius 2 is 2.24 bits per heavy atom. The number of halogens is 1. The van der Waals surface area contributed by atoms with Crippen molar-refractivity contribution in [3.8, 4) is 0 Å². The van der Waals surface area contributed by atoms with Gasteiger partial charge in [0.1, 0.15) is 5.76 Å². The molecule has 21 heavy (non-hydrogen) atoms. The lowest BCUT2D eigenvalue weighted by atomic mass is 10.2. The van der Waals surface area contributed by atoms with Gasteiger partial charge in [-0.25, -0.2) is 0 Å². The van der Waals surface area contributed by atoms with Crippen LogP contribution in [0.4, 0.5) is 0 Å². The van der Waals surface area contributed by atoms with Crippen LogP contribution in [0.2, 0.25) is 5.02 Å². The van der Waals surface area contributed by atoms with Gasteiger partial charge in [0.25, 0.3) is 0 Å². The molecule has 1 unspecified atom stereocenters. The Kier molecular flexibility index (Phi) is 4.04. The second-order valence-corrected chi connectivity index (χ2v) is 6.32. The molecule has 2 heterocycles. The van der Waals surface area contributed by atoms with Crippen LogP contribution in [-0.2, 0) is 13.1 Å². The first-order valence-corrected chi connectivity index (χ1v) is 7.80. The molecular weight excluding hydrogens is 288 g/mol. The van der Waals surface area contributed by atoms with Crippen LogP contribution in [0.25, 0.3) is 0 Å². The van der Waals surface area contributed by atoms with Crippen molar-refractivity contribution in [1.82, 2.24) is 20.3 Å². The van der Waals surface area contributed by atoms with Crippen LogP contribution in [-0.4, -0.2) is 21.0 Å². The van der Waals surface area contributed by atoms with E-state index in [2.05, 4.69) is 28.6 Å². The van der Waals surface area contributed by atoms with E-state index in [-0.39, 0.29) is 6.04 Å². The van der Waals surface area contributed by atoms with Crippen molar-refractivity contribution in [1.29, 1.82) is 0 Å². The predicted molar refractivity (Wildman–Crippen MR) is 81.5 cm³/mol. The molecule has 1 fully saturated rings. The zero-order valence-corrected chi connectivity index (χ0v) is 13.4. The summed E-state index contributed by atoms with van der Waals surface area (Å²) in [6.07, 6.45) is 2.47. The van der Waals surface area contributed by atoms with E-state index in [9.17, 15) is 0 Å². The Balaban J connectivity index is 1.53. The smallest absolute Gasteiger partial charge is 0.140 e. The van der Waals surface area contributed by atoms with Gasteiger partial charge in [-0.05, 0) is 33.6 Å². The van der Waals surface area contributed by atoms with Crippen molar-refractivity contribution < 1.29 is 4.52 Å². The summed E-state index contributed by atoms with van der Waals surface area (Å²) in [7, 11) is 0. The summed E-state index contributed by atoms with van der Waals surface area (Å²) < 4.78 is 7.30. The first-order chi connectivity index (χ1) is 10.0. The molecule has 0 aromatic carbocycles. The molecule has 1 saturated carbocycles. The van der Waals surface area contributed by atoms with E-state index < -0.39 is 0 Å². The number of hydrogen-bond acceptors (Lipinski definition) is 4. The Morgan fingerprint density at radius 1 is 1.48 bits per heavy atom. The van der Waals surface area contributed by atoms with Gasteiger partial charge in [0.2, 0.25) is 0 Å². The lowest BCUT2D eigenvalue weighted by Crippen LogP contribution is -2.30. The topological polar surface area (TPSA) is 55.9 Å². The number of nitrogens with zero attached hydrogens (tertiary/aromatic N) is 3. The van der Waals surface area contributed by atoms with Gasteiger partial charge >= 0.3 is 0 Å². The maximum absolute atomic E-state index is 6.17. The van der Waals surface area contributed by atoms with Gasteiger partial charge in [0.05, 0.1) is 28.6 Å². The van der Waals surface area contributed by atoms with Crippen molar-refractivity contribution in [3.05, 3.63) is 33.9 Å². The van der Waals surface area contributed by atoms with Crippen molar-refractivity contribution >= 4 is 11.6 Å². The van der Waals surface area contributed by atoms with Gasteiger partial charge in [-0.2, -0.15) is 5.10 Å². The van der Waals surface area contributed by atoms with Crippen LogP contribution in [0.1, 0.15) is 48.5 Å². The minimum atomic E-state index is 0.278. The molecule has 1 atom stereocenters. The highest BCUT2D eigenvalue weighted by Gasteiger charge is 2.27. The zero-order chi connectivity index (χ0) is 15.0. The Morgan fingerprint density at radius 3 is 2.86 bits per heavy atom. The van der Waals surface area contributed by atoms with E-state index in [1.54, 1.807) is 0 Å². The summed E-state index contributed by atoms with van der Waals surface area (Å²) in [4.78, 5) is 0. The summed E-state index contributed by atoms with van der Waals surface area (Å²) >= 11 is 6.17. The maximum atomic E-state index is 6.17. The lowest BCUT2D eigenvalue weighted by molar-refractivity contribution is 0.371. The Labute approximate surface area is 129 Å². The summed E-state index contributed by atoms with van der Waals surface area (Å²) in [6.45, 7) is 7.55. The Bertz CT molecular complexity index is 630. The fraction of sp³-hybridized carbons (Fsp3) is 0.600. The highest BCUT2D eigenvalue weighted by atomic mass is 35.5. The first kappa shape index (κ1) is 14.6. The van der Waals surface area contributed by atoms with Crippen LogP contribution in [0, 0.1) is 13.8 Å². The molecule has 1 aliphatic rings. The molecule has 5 nitrogen and oxygen atoms in total. The van der Waals surface area contributed by atoms with Gasteiger partial charge in [-0.3, -0.25) is 4.68 Å². The molecule has 114 valence electrons. The van der Waals surface area contributed by atoms with Crippen LogP contribution in [0.15, 0.2) is 10.6 Å². The average molecular weight is 309 g/mol. The zero-order valence-electron chi connectivity index (χ0n) is 12.7. The second kappa shape index (κ2) is 5.81. The largest absolute Gasteiger partial charge is 0.361 e. The van der Waals surface area contributed by atoms with Crippen molar-refractivity contribution in [2.45, 2.75) is 58.7 Å². The third-order valence-electron chi connectivity index (χ3n) is 3.93. The number of rotatable bonds is 6. The SMILES string of the molecule is Cc1nn(CC(C)NCc2cc(C3CC3)on2)c(C)c1Cl. The third-order valence-corrected chi connectivity index (χ3v) is 4.48. The lowest BCUT2D eigenvalue weighted by Gasteiger charge is -2.14. The highest BCUT2D eigenvalue weighted by Crippen LogP contribution is 2.40. The van der Waals surface area contributed by atoms with E-state index >= 15 is 0 Å². The number of aryl methyl sites for hydroxylation is 1. The standard InChI is InChI=1S/C15H21ClN4O/c1-9(8-20-11(3)15(16)10(2)18-20)17-7-13-6-14(21-19-13)12-4-5-12/h6,9,12,17H,4-5,7-8H2,1-3H3. The molecule has 0 aliphatic heterocycles. The molecule has 2 aromatic heterocycles. The summed E-state index contributed by atoms with van der Waals surface area (Å²) in [5.74, 6) is 1.64. The number of nitrogens with one attached hydrogen (secondary N) is 1. The maximum Gasteiger partial charge on any atom is 0.140 e. The normalized spacial score (nSPS) is 16.4. The predicted octanol–water partition coefficient (Wildman–Crippen LogP) is 3.20. The third kappa shape index (κ3) is 3.30. The van der Waals surface area contributed by atoms with Gasteiger partial charge in [-0.15, -0.1) is 0 Å². The molecule has 2 aromatic rings. The van der Waals surface area contributed by atoms with Crippen molar-refractivity contribution in [2.24, 2.45) is 0 Å². The van der Waals surface area contributed by atoms with Crippen LogP contribution < -0.4 is 5.32 Å². The highest BCUT2D eigenvalue weighted by molar-refractivity contribution is 6.31. The molecule has 0 radical (unpaired) electrons. The molecule has 3 rings (SSSR count). The van der Waals surface area contributed by atoms with Crippen molar-refractivity contribution in [3.63, 3.8) is 0 Å². The van der Waals surface area contributed by atoms with E-state index in [1.165, 1.54) is 12.8 Å². The minimum Gasteiger partial charge on any atom is -0.361 e. The molecule has 0 saturated heterocycles. The monoisotopic (exact) mass is 308 g/mol. The molecule has 1 aliphatic carbocycles. The van der Waals surface area contributed by atoms with E-state index in [0.29, 0.717) is 12.5 Å². The number of hydrogen-bond donors (Lipinski definition) is 1. The average Bonchev–Trinajstić information content (AvgIpc) is 3.16. The van der Waals surface area contributed by atoms with Gasteiger partial charge < -0.3 is 9.84 Å². The quantitative estimate of drug-likeness (QED) is 0.890. The van der Waals surface area contributed by atoms with Gasteiger partial charge in [0.15, 0.2) is 0 Å². The molecule has 1 N–H and O–H groups in total. The van der Waals surface area contributed by atoms with E-state index in [0.717, 1.165) is 34.4 Å². The van der Waals surface area contributed by atoms with Gasteiger partial charge in [-0.1, -0.05) is 16.8 Å². The van der Waals surface area contributed by atoms with Crippen LogP contribution in [0.5, 0.6) is 0 Å². The second-order valence-electron chi connectivity index (χ2n) is 5.94. The van der Waals surface area contributed by atoms with E-state index in [4.69, 9.17) is 16.1 Å². The molecule has 0 spiro atoms. The summed E-state index contributed by atoms with van der Waals surface area (Å²) in [6, 6.07) is 2.34. The summed E-state index contributed by atoms with van der Waals surface area (Å²) in [5.41, 5.74) is 2.86. The van der Waals surface area contributed by atoms with Crippen LogP contribution >= 0.6 is 11.6 Å². The molecule has 0 bridgehead atoms. The summed E-state index contributed by atoms with van der Waals surface area (Å²) in [5, 5.41) is 12.8. The van der Waals surface area contributed by atoms with Crippen LogP contribution in [0.3, 0.4) is 0 Å². The van der Waals surface area contributed by atoms with Crippen molar-refractivity contribution in [2.75, 3.05) is 0 Å². The van der Waals surface area contributed by atoms with Gasteiger partial charge in [0, 0.05) is 24.6 Å². The first-order valence-electron chi connectivity index (χ1n) is 7.43. The molecular formula is C15H21ClN4O. The van der Waals surface area contributed by atoms with E-state index in [1.807, 2.05) is 18.5 Å². The molecule has 6 heteroatoms. The Hall–Kier alpha value is -1.33. The fourth-order valence-corrected chi connectivity index (χ4v) is 2.56.